The van der Waals surface area contributed by atoms with Crippen LogP contribution in [0.25, 0.3) is 0 Å². The van der Waals surface area contributed by atoms with Crippen molar-refractivity contribution >= 4 is 11.7 Å². The van der Waals surface area contributed by atoms with Crippen LogP contribution in [-0.4, -0.2) is 50.3 Å². The first kappa shape index (κ1) is 15.7. The molecule has 7 nitrogen and oxygen atoms in total. The van der Waals surface area contributed by atoms with E-state index in [0.29, 0.717) is 32.7 Å². The molecular weight excluding hydrogens is 224 g/mol. The lowest BCUT2D eigenvalue weighted by Crippen LogP contribution is -2.34. The van der Waals surface area contributed by atoms with E-state index >= 15 is 0 Å². The molecule has 0 fully saturated rings. The zero-order valence-electron chi connectivity index (χ0n) is 10.4. The van der Waals surface area contributed by atoms with Crippen LogP contribution in [-0.2, 0) is 9.53 Å². The number of carbonyl (C=O) groups is 1. The fraction of sp³-hybridized carbons (Fsp3) is 0.800. The Labute approximate surface area is 101 Å². The van der Waals surface area contributed by atoms with Gasteiger partial charge in [0.05, 0.1) is 6.61 Å². The molecule has 0 aliphatic rings. The van der Waals surface area contributed by atoms with Crippen molar-refractivity contribution in [2.24, 2.45) is 16.8 Å². The number of hydrogen-bond donors (Lipinski definition) is 4. The number of hydrogen-bond acceptors (Lipinski definition) is 5. The Balaban J connectivity index is 3.48. The molecule has 0 aliphatic carbocycles. The number of amidine groups is 1. The number of ether oxygens (including phenoxy) is 1. The molecule has 0 saturated heterocycles. The average Bonchev–Trinajstić information content (AvgIpc) is 2.33. The van der Waals surface area contributed by atoms with Gasteiger partial charge in [0.25, 0.3) is 0 Å². The van der Waals surface area contributed by atoms with E-state index in [-0.39, 0.29) is 17.7 Å². The summed E-state index contributed by atoms with van der Waals surface area (Å²) in [5.74, 6) is 0.101. The van der Waals surface area contributed by atoms with Crippen LogP contribution < -0.4 is 16.4 Å². The first-order valence-electron chi connectivity index (χ1n) is 5.55. The van der Waals surface area contributed by atoms with E-state index in [9.17, 15) is 4.79 Å². The first-order chi connectivity index (χ1) is 8.11. The molecule has 1 atom stereocenters. The highest BCUT2D eigenvalue weighted by molar-refractivity contribution is 5.82. The summed E-state index contributed by atoms with van der Waals surface area (Å²) >= 11 is 0. The van der Waals surface area contributed by atoms with Gasteiger partial charge in [-0.1, -0.05) is 12.1 Å². The number of rotatable bonds is 9. The van der Waals surface area contributed by atoms with E-state index in [4.69, 9.17) is 15.7 Å². The molecular formula is C10H22N4O3. The fourth-order valence-corrected chi connectivity index (χ4v) is 1.10. The van der Waals surface area contributed by atoms with Gasteiger partial charge >= 0.3 is 0 Å². The van der Waals surface area contributed by atoms with Crippen LogP contribution in [0.1, 0.15) is 13.3 Å². The zero-order chi connectivity index (χ0) is 13.1. The van der Waals surface area contributed by atoms with Gasteiger partial charge in [0.15, 0.2) is 0 Å². The van der Waals surface area contributed by atoms with Gasteiger partial charge in [-0.25, -0.2) is 0 Å². The van der Waals surface area contributed by atoms with Gasteiger partial charge < -0.3 is 26.3 Å². The molecule has 0 aliphatic heterocycles. The maximum Gasteiger partial charge on any atom is 0.221 e. The molecule has 1 unspecified atom stereocenters. The molecule has 7 heteroatoms. The minimum absolute atomic E-state index is 0.0222. The highest BCUT2D eigenvalue weighted by Gasteiger charge is 2.07. The molecule has 5 N–H and O–H groups in total. The summed E-state index contributed by atoms with van der Waals surface area (Å²) in [6.45, 7) is 4.00. The summed E-state index contributed by atoms with van der Waals surface area (Å²) < 4.78 is 4.81. The monoisotopic (exact) mass is 246 g/mol. The Kier molecular flexibility index (Phi) is 9.08. The molecule has 0 spiro atoms. The maximum atomic E-state index is 11.3. The molecule has 0 aromatic carbocycles. The molecule has 100 valence electrons. The minimum atomic E-state index is -0.0587. The highest BCUT2D eigenvalue weighted by Crippen LogP contribution is 1.91. The second kappa shape index (κ2) is 9.86. The average molecular weight is 246 g/mol. The second-order valence-electron chi connectivity index (χ2n) is 3.72. The van der Waals surface area contributed by atoms with Crippen molar-refractivity contribution in [2.45, 2.75) is 13.3 Å². The van der Waals surface area contributed by atoms with Gasteiger partial charge in [-0.2, -0.15) is 0 Å². The molecule has 0 saturated carbocycles. The SMILES string of the molecule is COCCNC(=O)CCNCC(C)C(N)=NO. The van der Waals surface area contributed by atoms with Crippen LogP contribution in [0.5, 0.6) is 0 Å². The molecule has 0 radical (unpaired) electrons. The molecule has 0 rings (SSSR count). The van der Waals surface area contributed by atoms with Gasteiger partial charge in [0.1, 0.15) is 5.84 Å². The predicted molar refractivity (Wildman–Crippen MR) is 64.9 cm³/mol. The number of amides is 1. The van der Waals surface area contributed by atoms with Crippen molar-refractivity contribution in [1.29, 1.82) is 0 Å². The van der Waals surface area contributed by atoms with Gasteiger partial charge in [-0.3, -0.25) is 4.79 Å². The van der Waals surface area contributed by atoms with Crippen LogP contribution in [0.15, 0.2) is 5.16 Å². The lowest BCUT2D eigenvalue weighted by molar-refractivity contribution is -0.121. The van der Waals surface area contributed by atoms with Gasteiger partial charge in [0.2, 0.25) is 5.91 Å². The van der Waals surface area contributed by atoms with Crippen LogP contribution >= 0.6 is 0 Å². The number of nitrogens with two attached hydrogens (primary N) is 1. The molecule has 0 aromatic heterocycles. The maximum absolute atomic E-state index is 11.3. The minimum Gasteiger partial charge on any atom is -0.409 e. The van der Waals surface area contributed by atoms with E-state index in [1.807, 2.05) is 6.92 Å². The number of methoxy groups -OCH3 is 1. The van der Waals surface area contributed by atoms with Crippen molar-refractivity contribution in [3.63, 3.8) is 0 Å². The molecule has 0 aromatic rings. The van der Waals surface area contributed by atoms with Crippen LogP contribution in [0.4, 0.5) is 0 Å². The third kappa shape index (κ3) is 8.47. The van der Waals surface area contributed by atoms with Crippen molar-refractivity contribution in [3.05, 3.63) is 0 Å². The summed E-state index contributed by atoms with van der Waals surface area (Å²) in [5, 5.41) is 17.1. The standard InChI is InChI=1S/C10H22N4O3/c1-8(10(11)14-16)7-12-4-3-9(15)13-5-6-17-2/h8,12,16H,3-7H2,1-2H3,(H2,11,14)(H,13,15). The third-order valence-corrected chi connectivity index (χ3v) is 2.23. The van der Waals surface area contributed by atoms with Gasteiger partial charge in [-0.15, -0.1) is 0 Å². The molecule has 0 bridgehead atoms. The molecule has 0 heterocycles. The van der Waals surface area contributed by atoms with E-state index in [1.165, 1.54) is 0 Å². The van der Waals surface area contributed by atoms with Crippen LogP contribution in [0.3, 0.4) is 0 Å². The zero-order valence-corrected chi connectivity index (χ0v) is 10.4. The number of oxime groups is 1. The van der Waals surface area contributed by atoms with Crippen molar-refractivity contribution in [2.75, 3.05) is 33.4 Å². The number of nitrogens with one attached hydrogen (secondary N) is 2. The Morgan fingerprint density at radius 2 is 2.24 bits per heavy atom. The van der Waals surface area contributed by atoms with E-state index < -0.39 is 0 Å². The second-order valence-corrected chi connectivity index (χ2v) is 3.72. The summed E-state index contributed by atoms with van der Waals surface area (Å²) in [5.41, 5.74) is 5.41. The predicted octanol–water partition coefficient (Wildman–Crippen LogP) is -0.889. The molecule has 17 heavy (non-hydrogen) atoms. The van der Waals surface area contributed by atoms with E-state index in [2.05, 4.69) is 15.8 Å². The topological polar surface area (TPSA) is 109 Å². The van der Waals surface area contributed by atoms with E-state index in [0.717, 1.165) is 0 Å². The first-order valence-corrected chi connectivity index (χ1v) is 5.55. The normalized spacial score (nSPS) is 13.4. The van der Waals surface area contributed by atoms with Crippen molar-refractivity contribution < 1.29 is 14.7 Å². The Hall–Kier alpha value is -1.34. The summed E-state index contributed by atoms with van der Waals surface area (Å²) in [4.78, 5) is 11.3. The van der Waals surface area contributed by atoms with Gasteiger partial charge in [0, 0.05) is 39.1 Å². The summed E-state index contributed by atoms with van der Waals surface area (Å²) in [6.07, 6.45) is 0.395. The highest BCUT2D eigenvalue weighted by atomic mass is 16.5. The summed E-state index contributed by atoms with van der Waals surface area (Å²) in [7, 11) is 1.59. The van der Waals surface area contributed by atoms with Crippen molar-refractivity contribution in [3.8, 4) is 0 Å². The number of carbonyl (C=O) groups excluding carboxylic acids is 1. The Morgan fingerprint density at radius 1 is 1.53 bits per heavy atom. The quantitative estimate of drug-likeness (QED) is 0.139. The van der Waals surface area contributed by atoms with Crippen molar-refractivity contribution in [1.82, 2.24) is 10.6 Å². The van der Waals surface area contributed by atoms with E-state index in [1.54, 1.807) is 7.11 Å². The smallest absolute Gasteiger partial charge is 0.221 e. The molecule has 1 amide bonds. The van der Waals surface area contributed by atoms with Crippen LogP contribution in [0.2, 0.25) is 0 Å². The Bertz CT molecular complexity index is 246. The lowest BCUT2D eigenvalue weighted by atomic mass is 10.1. The number of nitrogens with zero attached hydrogens (tertiary/aromatic N) is 1. The fourth-order valence-electron chi connectivity index (χ4n) is 1.10. The Morgan fingerprint density at radius 3 is 2.82 bits per heavy atom. The largest absolute Gasteiger partial charge is 0.409 e. The third-order valence-electron chi connectivity index (χ3n) is 2.23. The summed E-state index contributed by atoms with van der Waals surface area (Å²) in [6, 6.07) is 0. The van der Waals surface area contributed by atoms with Crippen LogP contribution in [0, 0.1) is 5.92 Å². The van der Waals surface area contributed by atoms with Gasteiger partial charge in [-0.05, 0) is 0 Å². The lowest BCUT2D eigenvalue weighted by Gasteiger charge is -2.10.